The Morgan fingerprint density at radius 2 is 2.10 bits per heavy atom. The predicted molar refractivity (Wildman–Crippen MR) is 72.5 cm³/mol. The van der Waals surface area contributed by atoms with Crippen molar-refractivity contribution in [2.24, 2.45) is 0 Å². The Labute approximate surface area is 122 Å². The van der Waals surface area contributed by atoms with Crippen molar-refractivity contribution in [2.45, 2.75) is 17.7 Å². The number of hydrogen-bond acceptors (Lipinski definition) is 4. The average molecular weight is 324 g/mol. The van der Waals surface area contributed by atoms with E-state index in [1.54, 1.807) is 0 Å². The fourth-order valence-electron chi connectivity index (χ4n) is 1.52. The molecular weight excluding hydrogens is 309 g/mol. The molecule has 0 aliphatic heterocycles. The van der Waals surface area contributed by atoms with Crippen LogP contribution in [-0.4, -0.2) is 39.4 Å². The number of rotatable bonds is 6. The van der Waals surface area contributed by atoms with E-state index in [2.05, 4.69) is 4.74 Å². The van der Waals surface area contributed by atoms with Gasteiger partial charge in [0.2, 0.25) is 10.0 Å². The summed E-state index contributed by atoms with van der Waals surface area (Å²) in [7, 11) is -1.18. The molecule has 0 fully saturated rings. The van der Waals surface area contributed by atoms with Gasteiger partial charge >= 0.3 is 5.97 Å². The molecule has 112 valence electrons. The molecule has 0 N–H and O–H groups in total. The molecule has 0 aromatic heterocycles. The SMILES string of the molecule is COC(=O)CCCN(C)S(=O)(=O)c1ccc(F)cc1Cl. The number of benzene rings is 1. The highest BCUT2D eigenvalue weighted by molar-refractivity contribution is 7.89. The lowest BCUT2D eigenvalue weighted by molar-refractivity contribution is -0.140. The number of carbonyl (C=O) groups excluding carboxylic acids is 1. The Balaban J connectivity index is 2.79. The highest BCUT2D eigenvalue weighted by atomic mass is 35.5. The number of carbonyl (C=O) groups is 1. The normalized spacial score (nSPS) is 11.7. The number of methoxy groups -OCH3 is 1. The van der Waals surface area contributed by atoms with E-state index < -0.39 is 21.8 Å². The first-order valence-electron chi connectivity index (χ1n) is 5.77. The van der Waals surface area contributed by atoms with Gasteiger partial charge in [0.25, 0.3) is 0 Å². The lowest BCUT2D eigenvalue weighted by Crippen LogP contribution is -2.28. The van der Waals surface area contributed by atoms with Crippen molar-refractivity contribution in [2.75, 3.05) is 20.7 Å². The molecule has 1 aromatic carbocycles. The molecule has 0 unspecified atom stereocenters. The highest BCUT2D eigenvalue weighted by Crippen LogP contribution is 2.24. The van der Waals surface area contributed by atoms with Crippen molar-refractivity contribution in [3.8, 4) is 0 Å². The third-order valence-corrected chi connectivity index (χ3v) is 5.00. The zero-order valence-corrected chi connectivity index (χ0v) is 12.7. The van der Waals surface area contributed by atoms with Crippen molar-refractivity contribution >= 4 is 27.6 Å². The quantitative estimate of drug-likeness (QED) is 0.752. The summed E-state index contributed by atoms with van der Waals surface area (Å²) in [4.78, 5) is 10.8. The van der Waals surface area contributed by atoms with Gasteiger partial charge in [0, 0.05) is 20.0 Å². The van der Waals surface area contributed by atoms with Gasteiger partial charge in [-0.15, -0.1) is 0 Å². The Morgan fingerprint density at radius 3 is 2.65 bits per heavy atom. The number of nitrogens with zero attached hydrogens (tertiary/aromatic N) is 1. The Morgan fingerprint density at radius 1 is 1.45 bits per heavy atom. The van der Waals surface area contributed by atoms with Crippen molar-refractivity contribution in [3.63, 3.8) is 0 Å². The van der Waals surface area contributed by atoms with Gasteiger partial charge in [-0.05, 0) is 24.6 Å². The van der Waals surface area contributed by atoms with Crippen LogP contribution >= 0.6 is 11.6 Å². The van der Waals surface area contributed by atoms with Gasteiger partial charge in [0.05, 0.1) is 12.1 Å². The molecule has 0 atom stereocenters. The van der Waals surface area contributed by atoms with E-state index in [-0.39, 0.29) is 22.9 Å². The number of halogens is 2. The number of sulfonamides is 1. The van der Waals surface area contributed by atoms with E-state index >= 15 is 0 Å². The van der Waals surface area contributed by atoms with Gasteiger partial charge < -0.3 is 4.74 Å². The van der Waals surface area contributed by atoms with Crippen molar-refractivity contribution in [1.82, 2.24) is 4.31 Å². The Bertz CT molecular complexity index is 591. The first-order chi connectivity index (χ1) is 9.28. The van der Waals surface area contributed by atoms with Crippen molar-refractivity contribution in [1.29, 1.82) is 0 Å². The van der Waals surface area contributed by atoms with Crippen LogP contribution in [0.25, 0.3) is 0 Å². The molecule has 0 radical (unpaired) electrons. The third kappa shape index (κ3) is 4.16. The zero-order valence-electron chi connectivity index (χ0n) is 11.1. The molecule has 0 saturated heterocycles. The van der Waals surface area contributed by atoms with Crippen LogP contribution in [0.5, 0.6) is 0 Å². The summed E-state index contributed by atoms with van der Waals surface area (Å²) in [6.45, 7) is 0.130. The summed E-state index contributed by atoms with van der Waals surface area (Å²) in [5.41, 5.74) is 0. The average Bonchev–Trinajstić information content (AvgIpc) is 2.37. The minimum Gasteiger partial charge on any atom is -0.469 e. The van der Waals surface area contributed by atoms with Gasteiger partial charge in [-0.1, -0.05) is 11.6 Å². The van der Waals surface area contributed by atoms with Crippen molar-refractivity contribution in [3.05, 3.63) is 29.0 Å². The van der Waals surface area contributed by atoms with Crippen LogP contribution in [0.2, 0.25) is 5.02 Å². The summed E-state index contributed by atoms with van der Waals surface area (Å²) in [5.74, 6) is -1.02. The lowest BCUT2D eigenvalue weighted by atomic mass is 10.3. The molecule has 0 heterocycles. The standard InChI is InChI=1S/C12H15ClFNO4S/c1-15(7-3-4-12(16)19-2)20(17,18)11-6-5-9(14)8-10(11)13/h5-6,8H,3-4,7H2,1-2H3. The van der Waals surface area contributed by atoms with E-state index in [4.69, 9.17) is 11.6 Å². The van der Waals surface area contributed by atoms with Gasteiger partial charge in [-0.25, -0.2) is 17.1 Å². The lowest BCUT2D eigenvalue weighted by Gasteiger charge is -2.17. The van der Waals surface area contributed by atoms with Crippen LogP contribution < -0.4 is 0 Å². The van der Waals surface area contributed by atoms with Crippen LogP contribution in [0, 0.1) is 5.82 Å². The van der Waals surface area contributed by atoms with Crippen LogP contribution in [0.4, 0.5) is 4.39 Å². The molecule has 0 bridgehead atoms. The molecule has 0 amide bonds. The number of ether oxygens (including phenoxy) is 1. The minimum atomic E-state index is -3.81. The molecule has 8 heteroatoms. The fourth-order valence-corrected chi connectivity index (χ4v) is 3.23. The number of esters is 1. The monoisotopic (exact) mass is 323 g/mol. The van der Waals surface area contributed by atoms with Crippen LogP contribution in [0.1, 0.15) is 12.8 Å². The number of hydrogen-bond donors (Lipinski definition) is 0. The summed E-state index contributed by atoms with van der Waals surface area (Å²) in [6.07, 6.45) is 0.439. The maximum atomic E-state index is 12.9. The second-order valence-electron chi connectivity index (χ2n) is 4.08. The van der Waals surface area contributed by atoms with E-state index in [1.807, 2.05) is 0 Å². The second kappa shape index (κ2) is 7.01. The molecule has 1 aromatic rings. The molecular formula is C12H15ClFNO4S. The van der Waals surface area contributed by atoms with Crippen LogP contribution in [0.3, 0.4) is 0 Å². The topological polar surface area (TPSA) is 63.7 Å². The molecule has 0 spiro atoms. The molecule has 0 saturated carbocycles. The van der Waals surface area contributed by atoms with Gasteiger partial charge in [-0.2, -0.15) is 0 Å². The molecule has 0 aliphatic carbocycles. The minimum absolute atomic E-state index is 0.119. The zero-order chi connectivity index (χ0) is 15.3. The van der Waals surface area contributed by atoms with E-state index in [1.165, 1.54) is 14.2 Å². The fraction of sp³-hybridized carbons (Fsp3) is 0.417. The van der Waals surface area contributed by atoms with E-state index in [0.717, 1.165) is 22.5 Å². The Kier molecular flexibility index (Phi) is 5.91. The van der Waals surface area contributed by atoms with Crippen LogP contribution in [0.15, 0.2) is 23.1 Å². The molecule has 0 aliphatic rings. The first-order valence-corrected chi connectivity index (χ1v) is 7.59. The van der Waals surface area contributed by atoms with Gasteiger partial charge in [0.15, 0.2) is 0 Å². The maximum absolute atomic E-state index is 12.9. The van der Waals surface area contributed by atoms with E-state index in [9.17, 15) is 17.6 Å². The smallest absolute Gasteiger partial charge is 0.305 e. The maximum Gasteiger partial charge on any atom is 0.305 e. The van der Waals surface area contributed by atoms with Crippen LogP contribution in [-0.2, 0) is 19.6 Å². The van der Waals surface area contributed by atoms with Crippen molar-refractivity contribution < 1.29 is 22.3 Å². The summed E-state index contributed by atoms with van der Waals surface area (Å²) in [6, 6.07) is 3.08. The third-order valence-electron chi connectivity index (χ3n) is 2.66. The molecule has 20 heavy (non-hydrogen) atoms. The molecule has 5 nitrogen and oxygen atoms in total. The highest BCUT2D eigenvalue weighted by Gasteiger charge is 2.23. The molecule has 1 rings (SSSR count). The summed E-state index contributed by atoms with van der Waals surface area (Å²) >= 11 is 5.75. The van der Waals surface area contributed by atoms with Gasteiger partial charge in [0.1, 0.15) is 10.7 Å². The largest absolute Gasteiger partial charge is 0.469 e. The first kappa shape index (κ1) is 16.9. The Hall–Kier alpha value is -1.18. The summed E-state index contributed by atoms with van der Waals surface area (Å²) < 4.78 is 42.9. The van der Waals surface area contributed by atoms with E-state index in [0.29, 0.717) is 6.42 Å². The summed E-state index contributed by atoms with van der Waals surface area (Å²) in [5, 5.41) is -0.176. The predicted octanol–water partition coefficient (Wildman–Crippen LogP) is 2.05. The van der Waals surface area contributed by atoms with Gasteiger partial charge in [-0.3, -0.25) is 4.79 Å². The second-order valence-corrected chi connectivity index (χ2v) is 6.50.